The molecule has 4 amide bonds. The van der Waals surface area contributed by atoms with Crippen molar-refractivity contribution in [1.82, 2.24) is 14.7 Å². The predicted molar refractivity (Wildman–Crippen MR) is 124 cm³/mol. The van der Waals surface area contributed by atoms with Crippen LogP contribution in [0.25, 0.3) is 0 Å². The summed E-state index contributed by atoms with van der Waals surface area (Å²) in [4.78, 5) is 45.1. The number of thiophene rings is 1. The molecular weight excluding hydrogens is 430 g/mol. The largest absolute Gasteiger partial charge is 0.337 e. The molecule has 0 spiro atoms. The molecule has 6 nitrogen and oxygen atoms in total. The average molecular weight is 456 g/mol. The van der Waals surface area contributed by atoms with Gasteiger partial charge >= 0.3 is 6.03 Å². The van der Waals surface area contributed by atoms with E-state index in [1.54, 1.807) is 21.1 Å². The van der Waals surface area contributed by atoms with Crippen molar-refractivity contribution in [3.05, 3.63) is 69.8 Å². The highest BCUT2D eigenvalue weighted by Crippen LogP contribution is 2.34. The van der Waals surface area contributed by atoms with Crippen molar-refractivity contribution in [2.24, 2.45) is 0 Å². The first-order valence-corrected chi connectivity index (χ1v) is 12.2. The van der Waals surface area contributed by atoms with Gasteiger partial charge in [0.05, 0.1) is 6.04 Å². The number of hydrogen-bond acceptors (Lipinski definition) is 5. The predicted octanol–water partition coefficient (Wildman–Crippen LogP) is 3.60. The Morgan fingerprint density at radius 2 is 1.94 bits per heavy atom. The number of urea groups is 1. The molecule has 0 bridgehead atoms. The Kier molecular flexibility index (Phi) is 6.77. The van der Waals surface area contributed by atoms with Crippen LogP contribution in [0.1, 0.15) is 17.4 Å². The maximum Gasteiger partial charge on any atom is 0.327 e. The number of benzene rings is 1. The molecule has 1 fully saturated rings. The van der Waals surface area contributed by atoms with Crippen LogP contribution in [0.2, 0.25) is 0 Å². The van der Waals surface area contributed by atoms with Gasteiger partial charge in [0, 0.05) is 24.5 Å². The molecule has 1 saturated heterocycles. The minimum Gasteiger partial charge on any atom is -0.337 e. The SMILES string of the molecule is CCN(Cc1ccccc1)C(=O)CN1C(=O)N(CCc2cccs2)C(=O)C2SC=CC21. The number of amides is 4. The van der Waals surface area contributed by atoms with Gasteiger partial charge in [-0.3, -0.25) is 14.5 Å². The van der Waals surface area contributed by atoms with Crippen LogP contribution in [0, 0.1) is 0 Å². The van der Waals surface area contributed by atoms with E-state index in [0.717, 1.165) is 10.4 Å². The second-order valence-corrected chi connectivity index (χ2v) is 9.58. The Bertz CT molecular complexity index is 962. The van der Waals surface area contributed by atoms with Gasteiger partial charge in [0.25, 0.3) is 0 Å². The number of carbonyl (C=O) groups is 3. The van der Waals surface area contributed by atoms with E-state index in [9.17, 15) is 14.4 Å². The zero-order valence-corrected chi connectivity index (χ0v) is 19.0. The lowest BCUT2D eigenvalue weighted by Gasteiger charge is -2.41. The van der Waals surface area contributed by atoms with Crippen LogP contribution in [0.15, 0.2) is 59.3 Å². The smallest absolute Gasteiger partial charge is 0.327 e. The highest BCUT2D eigenvalue weighted by Gasteiger charge is 2.47. The van der Waals surface area contributed by atoms with Gasteiger partial charge in [-0.05, 0) is 35.8 Å². The summed E-state index contributed by atoms with van der Waals surface area (Å²) >= 11 is 3.03. The van der Waals surface area contributed by atoms with Gasteiger partial charge in [-0.15, -0.1) is 23.1 Å². The number of nitrogens with zero attached hydrogens (tertiary/aromatic N) is 3. The Labute approximate surface area is 190 Å². The zero-order chi connectivity index (χ0) is 21.8. The van der Waals surface area contributed by atoms with Crippen molar-refractivity contribution in [2.75, 3.05) is 19.6 Å². The van der Waals surface area contributed by atoms with Crippen molar-refractivity contribution in [2.45, 2.75) is 31.2 Å². The summed E-state index contributed by atoms with van der Waals surface area (Å²) in [6.07, 6.45) is 2.49. The number of rotatable bonds is 8. The van der Waals surface area contributed by atoms with E-state index in [-0.39, 0.29) is 35.7 Å². The third-order valence-electron chi connectivity index (χ3n) is 5.58. The molecule has 8 heteroatoms. The first-order valence-electron chi connectivity index (χ1n) is 10.4. The molecule has 0 radical (unpaired) electrons. The van der Waals surface area contributed by atoms with Gasteiger partial charge in [-0.2, -0.15) is 0 Å². The third kappa shape index (κ3) is 4.70. The summed E-state index contributed by atoms with van der Waals surface area (Å²) in [6, 6.07) is 13.0. The second-order valence-electron chi connectivity index (χ2n) is 7.50. The van der Waals surface area contributed by atoms with Gasteiger partial charge < -0.3 is 9.80 Å². The maximum absolute atomic E-state index is 13.3. The van der Waals surface area contributed by atoms with Crippen LogP contribution in [-0.2, 0) is 22.6 Å². The molecule has 162 valence electrons. The van der Waals surface area contributed by atoms with Crippen LogP contribution in [0.4, 0.5) is 4.79 Å². The lowest BCUT2D eigenvalue weighted by Crippen LogP contribution is -2.63. The minimum absolute atomic E-state index is 0.0334. The highest BCUT2D eigenvalue weighted by molar-refractivity contribution is 8.03. The summed E-state index contributed by atoms with van der Waals surface area (Å²) in [5.41, 5.74) is 1.05. The standard InChI is InChI=1S/C23H25N3O3S2/c1-2-24(15-17-7-4-3-5-8-17)20(27)16-26-19-11-14-31-21(19)22(28)25(23(26)29)12-10-18-9-6-13-30-18/h3-9,11,13-14,19,21H,2,10,12,15-16H2,1H3. The van der Waals surface area contributed by atoms with Crippen molar-refractivity contribution >= 4 is 40.9 Å². The Balaban J connectivity index is 1.48. The van der Waals surface area contributed by atoms with E-state index in [0.29, 0.717) is 26.1 Å². The monoisotopic (exact) mass is 455 g/mol. The third-order valence-corrected chi connectivity index (χ3v) is 7.60. The zero-order valence-electron chi connectivity index (χ0n) is 17.3. The van der Waals surface area contributed by atoms with Gasteiger partial charge in [0.1, 0.15) is 11.8 Å². The number of thioether (sulfide) groups is 1. The molecule has 4 rings (SSSR count). The lowest BCUT2D eigenvalue weighted by molar-refractivity contribution is -0.136. The van der Waals surface area contributed by atoms with E-state index in [4.69, 9.17) is 0 Å². The lowest BCUT2D eigenvalue weighted by atomic mass is 10.1. The van der Waals surface area contributed by atoms with E-state index in [2.05, 4.69) is 0 Å². The molecule has 1 aromatic heterocycles. The van der Waals surface area contributed by atoms with Gasteiger partial charge in [-0.25, -0.2) is 4.79 Å². The van der Waals surface area contributed by atoms with Crippen LogP contribution >= 0.6 is 23.1 Å². The molecule has 2 unspecified atom stereocenters. The molecule has 0 saturated carbocycles. The molecule has 31 heavy (non-hydrogen) atoms. The Morgan fingerprint density at radius 3 is 2.65 bits per heavy atom. The van der Waals surface area contributed by atoms with Crippen LogP contribution in [-0.4, -0.2) is 63.5 Å². The molecule has 1 aromatic carbocycles. The number of carbonyl (C=O) groups excluding carboxylic acids is 3. The van der Waals surface area contributed by atoms with Crippen molar-refractivity contribution < 1.29 is 14.4 Å². The minimum atomic E-state index is -0.377. The van der Waals surface area contributed by atoms with Crippen molar-refractivity contribution in [3.8, 4) is 0 Å². The first kappa shape index (κ1) is 21.6. The topological polar surface area (TPSA) is 60.9 Å². The van der Waals surface area contributed by atoms with E-state index in [1.165, 1.54) is 16.7 Å². The average Bonchev–Trinajstić information content (AvgIpc) is 3.48. The second kappa shape index (κ2) is 9.70. The fraction of sp³-hybridized carbons (Fsp3) is 0.348. The summed E-state index contributed by atoms with van der Waals surface area (Å²) in [7, 11) is 0. The van der Waals surface area contributed by atoms with Crippen LogP contribution < -0.4 is 0 Å². The van der Waals surface area contributed by atoms with Crippen LogP contribution in [0.5, 0.6) is 0 Å². The normalized spacial score (nSPS) is 20.3. The van der Waals surface area contributed by atoms with Gasteiger partial charge in [0.2, 0.25) is 11.8 Å². The Hall–Kier alpha value is -2.58. The maximum atomic E-state index is 13.3. The highest BCUT2D eigenvalue weighted by atomic mass is 32.2. The molecule has 3 heterocycles. The number of fused-ring (bicyclic) bond motifs is 1. The molecule has 2 atom stereocenters. The van der Waals surface area contributed by atoms with Gasteiger partial charge in [-0.1, -0.05) is 42.5 Å². The molecule has 2 aliphatic rings. The van der Waals surface area contributed by atoms with E-state index in [1.807, 2.05) is 66.3 Å². The van der Waals surface area contributed by atoms with Gasteiger partial charge in [0.15, 0.2) is 0 Å². The Morgan fingerprint density at radius 1 is 1.13 bits per heavy atom. The molecule has 2 aromatic rings. The summed E-state index contributed by atoms with van der Waals surface area (Å²) in [5.74, 6) is -0.279. The fourth-order valence-electron chi connectivity index (χ4n) is 3.88. The van der Waals surface area contributed by atoms with E-state index >= 15 is 0 Å². The number of hydrogen-bond donors (Lipinski definition) is 0. The van der Waals surface area contributed by atoms with Crippen molar-refractivity contribution in [1.29, 1.82) is 0 Å². The first-order chi connectivity index (χ1) is 15.1. The molecule has 2 aliphatic heterocycles. The quantitative estimate of drug-likeness (QED) is 0.610. The summed E-state index contributed by atoms with van der Waals surface area (Å²) < 4.78 is 0. The molecule has 0 aliphatic carbocycles. The van der Waals surface area contributed by atoms with Crippen molar-refractivity contribution in [3.63, 3.8) is 0 Å². The molecule has 0 N–H and O–H groups in total. The summed E-state index contributed by atoms with van der Waals surface area (Å²) in [5, 5.41) is 3.47. The number of imide groups is 1. The van der Waals surface area contributed by atoms with Crippen LogP contribution in [0.3, 0.4) is 0 Å². The fourth-order valence-corrected chi connectivity index (χ4v) is 5.64. The number of likely N-dealkylation sites (N-methyl/N-ethyl adjacent to an activating group) is 1. The summed E-state index contributed by atoms with van der Waals surface area (Å²) in [6.45, 7) is 3.28. The van der Waals surface area contributed by atoms with E-state index < -0.39 is 0 Å². The molecular formula is C23H25N3O3S2.